The molecule has 0 aromatic heterocycles. The molecule has 4 heteroatoms. The van der Waals surface area contributed by atoms with E-state index in [2.05, 4.69) is 17.3 Å². The van der Waals surface area contributed by atoms with E-state index in [1.54, 1.807) is 0 Å². The van der Waals surface area contributed by atoms with Gasteiger partial charge in [0.2, 0.25) is 0 Å². The number of amides is 1. The van der Waals surface area contributed by atoms with Gasteiger partial charge < -0.3 is 15.3 Å². The molecule has 13 heavy (non-hydrogen) atoms. The maximum atomic E-state index is 10.2. The van der Waals surface area contributed by atoms with Gasteiger partial charge in [0.05, 0.1) is 0 Å². The highest BCUT2D eigenvalue weighted by molar-refractivity contribution is 5.64. The first-order valence-electron chi connectivity index (χ1n) is 4.84. The van der Waals surface area contributed by atoms with Crippen molar-refractivity contribution < 1.29 is 9.90 Å². The van der Waals surface area contributed by atoms with Crippen molar-refractivity contribution in [1.29, 1.82) is 0 Å². The van der Waals surface area contributed by atoms with Crippen LogP contribution in [0, 0.1) is 5.92 Å². The SMILES string of the molecule is CN1CCC(CCNC(=O)O)CC1. The Kier molecular flexibility index (Phi) is 4.02. The van der Waals surface area contributed by atoms with Gasteiger partial charge in [0.15, 0.2) is 0 Å². The molecule has 76 valence electrons. The van der Waals surface area contributed by atoms with Gasteiger partial charge in [-0.25, -0.2) is 4.79 Å². The largest absolute Gasteiger partial charge is 0.465 e. The molecule has 0 atom stereocenters. The van der Waals surface area contributed by atoms with Crippen LogP contribution >= 0.6 is 0 Å². The lowest BCUT2D eigenvalue weighted by atomic mass is 9.94. The van der Waals surface area contributed by atoms with E-state index in [-0.39, 0.29) is 0 Å². The minimum atomic E-state index is -0.909. The summed E-state index contributed by atoms with van der Waals surface area (Å²) in [5, 5.41) is 10.8. The number of hydrogen-bond acceptors (Lipinski definition) is 2. The van der Waals surface area contributed by atoms with Crippen molar-refractivity contribution in [3.63, 3.8) is 0 Å². The van der Waals surface area contributed by atoms with Crippen molar-refractivity contribution >= 4 is 6.09 Å². The second-order valence-corrected chi connectivity index (χ2v) is 3.77. The fourth-order valence-corrected chi connectivity index (χ4v) is 1.73. The molecule has 1 aliphatic rings. The maximum absolute atomic E-state index is 10.2. The van der Waals surface area contributed by atoms with Crippen LogP contribution in [0.1, 0.15) is 19.3 Å². The van der Waals surface area contributed by atoms with Gasteiger partial charge in [-0.3, -0.25) is 0 Å². The van der Waals surface area contributed by atoms with Crippen LogP contribution < -0.4 is 5.32 Å². The molecule has 2 N–H and O–H groups in total. The Morgan fingerprint density at radius 2 is 2.15 bits per heavy atom. The molecule has 1 amide bonds. The third-order valence-electron chi connectivity index (χ3n) is 2.67. The van der Waals surface area contributed by atoms with Gasteiger partial charge in [-0.15, -0.1) is 0 Å². The number of carboxylic acid groups (broad SMARTS) is 1. The average molecular weight is 186 g/mol. The average Bonchev–Trinajstić information content (AvgIpc) is 2.08. The number of rotatable bonds is 3. The van der Waals surface area contributed by atoms with Crippen LogP contribution in [0.3, 0.4) is 0 Å². The van der Waals surface area contributed by atoms with Crippen molar-refractivity contribution in [3.05, 3.63) is 0 Å². The van der Waals surface area contributed by atoms with E-state index in [4.69, 9.17) is 5.11 Å². The quantitative estimate of drug-likeness (QED) is 0.691. The van der Waals surface area contributed by atoms with Gasteiger partial charge in [0, 0.05) is 6.54 Å². The number of hydrogen-bond donors (Lipinski definition) is 2. The molecule has 0 spiro atoms. The molecule has 0 unspecified atom stereocenters. The summed E-state index contributed by atoms with van der Waals surface area (Å²) in [7, 11) is 2.13. The minimum absolute atomic E-state index is 0.601. The fourth-order valence-electron chi connectivity index (χ4n) is 1.73. The van der Waals surface area contributed by atoms with Gasteiger partial charge in [-0.05, 0) is 45.3 Å². The third kappa shape index (κ3) is 4.12. The lowest BCUT2D eigenvalue weighted by Gasteiger charge is -2.28. The molecular formula is C9H18N2O2. The predicted octanol–water partition coefficient (Wildman–Crippen LogP) is 0.986. The molecule has 4 nitrogen and oxygen atoms in total. The molecule has 1 saturated heterocycles. The third-order valence-corrected chi connectivity index (χ3v) is 2.67. The minimum Gasteiger partial charge on any atom is -0.465 e. The lowest BCUT2D eigenvalue weighted by Crippen LogP contribution is -2.32. The second kappa shape index (κ2) is 5.07. The first-order valence-corrected chi connectivity index (χ1v) is 4.84. The first-order chi connectivity index (χ1) is 6.18. The molecule has 0 aromatic rings. The zero-order valence-electron chi connectivity index (χ0n) is 8.12. The number of carbonyl (C=O) groups is 1. The first kappa shape index (κ1) is 10.3. The highest BCUT2D eigenvalue weighted by atomic mass is 16.4. The topological polar surface area (TPSA) is 52.6 Å². The standard InChI is InChI=1S/C9H18N2O2/c1-11-6-3-8(4-7-11)2-5-10-9(12)13/h8,10H,2-7H2,1H3,(H,12,13). The summed E-state index contributed by atoms with van der Waals surface area (Å²) in [6.07, 6.45) is 2.49. The van der Waals surface area contributed by atoms with Crippen LogP contribution in [0.5, 0.6) is 0 Å². The van der Waals surface area contributed by atoms with Gasteiger partial charge in [0.1, 0.15) is 0 Å². The van der Waals surface area contributed by atoms with Crippen LogP contribution in [0.2, 0.25) is 0 Å². The van der Waals surface area contributed by atoms with Crippen molar-refractivity contribution in [2.24, 2.45) is 5.92 Å². The van der Waals surface area contributed by atoms with E-state index in [9.17, 15) is 4.79 Å². The van der Waals surface area contributed by atoms with E-state index in [0.717, 1.165) is 19.5 Å². The van der Waals surface area contributed by atoms with Crippen molar-refractivity contribution in [1.82, 2.24) is 10.2 Å². The zero-order valence-corrected chi connectivity index (χ0v) is 8.12. The van der Waals surface area contributed by atoms with Crippen LogP contribution in [-0.4, -0.2) is 42.8 Å². The van der Waals surface area contributed by atoms with Gasteiger partial charge in [-0.2, -0.15) is 0 Å². The van der Waals surface area contributed by atoms with Crippen LogP contribution in [0.25, 0.3) is 0 Å². The van der Waals surface area contributed by atoms with Gasteiger partial charge >= 0.3 is 6.09 Å². The zero-order chi connectivity index (χ0) is 9.68. The summed E-state index contributed by atoms with van der Waals surface area (Å²) in [5.74, 6) is 0.711. The summed E-state index contributed by atoms with van der Waals surface area (Å²) < 4.78 is 0. The molecule has 0 bridgehead atoms. The highest BCUT2D eigenvalue weighted by Gasteiger charge is 2.15. The molecule has 0 radical (unpaired) electrons. The highest BCUT2D eigenvalue weighted by Crippen LogP contribution is 2.18. The maximum Gasteiger partial charge on any atom is 0.404 e. The normalized spacial score (nSPS) is 20.1. The predicted molar refractivity (Wildman–Crippen MR) is 50.9 cm³/mol. The van der Waals surface area contributed by atoms with E-state index in [0.29, 0.717) is 12.5 Å². The molecule has 0 aromatic carbocycles. The Hall–Kier alpha value is -0.770. The van der Waals surface area contributed by atoms with E-state index in [1.165, 1.54) is 12.8 Å². The van der Waals surface area contributed by atoms with E-state index in [1.807, 2.05) is 0 Å². The second-order valence-electron chi connectivity index (χ2n) is 3.77. The lowest BCUT2D eigenvalue weighted by molar-refractivity contribution is 0.188. The Morgan fingerprint density at radius 1 is 1.54 bits per heavy atom. The summed E-state index contributed by atoms with van der Waals surface area (Å²) in [6.45, 7) is 2.90. The molecule has 1 heterocycles. The summed E-state index contributed by atoms with van der Waals surface area (Å²) in [5.41, 5.74) is 0. The fraction of sp³-hybridized carbons (Fsp3) is 0.889. The van der Waals surface area contributed by atoms with Crippen LogP contribution in [0.15, 0.2) is 0 Å². The number of nitrogens with zero attached hydrogens (tertiary/aromatic N) is 1. The van der Waals surface area contributed by atoms with Gasteiger partial charge in [-0.1, -0.05) is 0 Å². The molecule has 1 fully saturated rings. The summed E-state index contributed by atoms with van der Waals surface area (Å²) >= 11 is 0. The Bertz CT molecular complexity index is 165. The van der Waals surface area contributed by atoms with Crippen molar-refractivity contribution in [2.45, 2.75) is 19.3 Å². The summed E-state index contributed by atoms with van der Waals surface area (Å²) in [4.78, 5) is 12.5. The molecule has 1 rings (SSSR count). The molecule has 1 aliphatic heterocycles. The van der Waals surface area contributed by atoms with Gasteiger partial charge in [0.25, 0.3) is 0 Å². The van der Waals surface area contributed by atoms with E-state index < -0.39 is 6.09 Å². The number of likely N-dealkylation sites (tertiary alicyclic amines) is 1. The molecule has 0 aliphatic carbocycles. The van der Waals surface area contributed by atoms with E-state index >= 15 is 0 Å². The monoisotopic (exact) mass is 186 g/mol. The molecular weight excluding hydrogens is 168 g/mol. The molecule has 0 saturated carbocycles. The number of nitrogens with one attached hydrogen (secondary N) is 1. The van der Waals surface area contributed by atoms with Crippen molar-refractivity contribution in [2.75, 3.05) is 26.7 Å². The smallest absolute Gasteiger partial charge is 0.404 e. The number of piperidine rings is 1. The Morgan fingerprint density at radius 3 is 2.69 bits per heavy atom. The van der Waals surface area contributed by atoms with Crippen LogP contribution in [0.4, 0.5) is 4.79 Å². The Balaban J connectivity index is 2.05. The van der Waals surface area contributed by atoms with Crippen molar-refractivity contribution in [3.8, 4) is 0 Å². The summed E-state index contributed by atoms with van der Waals surface area (Å²) in [6, 6.07) is 0. The Labute approximate surface area is 78.9 Å². The van der Waals surface area contributed by atoms with Crippen LogP contribution in [-0.2, 0) is 0 Å².